The SMILES string of the molecule is Cl.NCCC1CNC(=O)c2cc(-c3cccc(C(F)(F)F)c3)c(-c3ccc(CO)cc3)n21. The third-order valence-electron chi connectivity index (χ3n) is 5.54. The summed E-state index contributed by atoms with van der Waals surface area (Å²) < 4.78 is 41.9. The number of hydrogen-bond acceptors (Lipinski definition) is 3. The Hall–Kier alpha value is -2.81. The number of benzene rings is 2. The first kappa shape index (κ1) is 23.8. The van der Waals surface area contributed by atoms with Crippen molar-refractivity contribution in [2.24, 2.45) is 5.73 Å². The number of halogens is 4. The van der Waals surface area contributed by atoms with Crippen LogP contribution in [0.25, 0.3) is 22.4 Å². The Morgan fingerprint density at radius 1 is 1.09 bits per heavy atom. The molecule has 2 aromatic carbocycles. The van der Waals surface area contributed by atoms with Crippen LogP contribution in [0, 0.1) is 0 Å². The van der Waals surface area contributed by atoms with Gasteiger partial charge in [-0.05, 0) is 47.9 Å². The maximum Gasteiger partial charge on any atom is 0.416 e. The second-order valence-electron chi connectivity index (χ2n) is 7.54. The number of hydrogen-bond donors (Lipinski definition) is 3. The van der Waals surface area contributed by atoms with Gasteiger partial charge in [0.1, 0.15) is 5.69 Å². The van der Waals surface area contributed by atoms with E-state index in [9.17, 15) is 23.1 Å². The molecular formula is C23H23ClF3N3O2. The molecule has 1 atom stereocenters. The molecule has 0 radical (unpaired) electrons. The van der Waals surface area contributed by atoms with E-state index in [1.165, 1.54) is 6.07 Å². The quantitative estimate of drug-likeness (QED) is 0.523. The molecule has 1 aliphatic rings. The third-order valence-corrected chi connectivity index (χ3v) is 5.54. The number of carbonyl (C=O) groups is 1. The first-order valence-corrected chi connectivity index (χ1v) is 9.94. The van der Waals surface area contributed by atoms with Crippen LogP contribution in [0.3, 0.4) is 0 Å². The second-order valence-corrected chi connectivity index (χ2v) is 7.54. The summed E-state index contributed by atoms with van der Waals surface area (Å²) in [7, 11) is 0. The summed E-state index contributed by atoms with van der Waals surface area (Å²) in [4.78, 5) is 12.6. The van der Waals surface area contributed by atoms with Gasteiger partial charge in [0.15, 0.2) is 0 Å². The van der Waals surface area contributed by atoms with Gasteiger partial charge in [-0.1, -0.05) is 36.4 Å². The molecule has 1 unspecified atom stereocenters. The fourth-order valence-electron chi connectivity index (χ4n) is 4.04. The number of nitrogens with one attached hydrogen (secondary N) is 1. The molecule has 0 saturated carbocycles. The van der Waals surface area contributed by atoms with Gasteiger partial charge in [-0.15, -0.1) is 12.4 Å². The normalized spacial score (nSPS) is 15.7. The lowest BCUT2D eigenvalue weighted by atomic mass is 9.98. The van der Waals surface area contributed by atoms with E-state index in [0.717, 1.165) is 17.7 Å². The molecular weight excluding hydrogens is 443 g/mol. The predicted octanol–water partition coefficient (Wildman–Crippen LogP) is 4.39. The van der Waals surface area contributed by atoms with E-state index in [0.29, 0.717) is 47.6 Å². The van der Waals surface area contributed by atoms with E-state index in [1.54, 1.807) is 36.4 Å². The highest BCUT2D eigenvalue weighted by molar-refractivity contribution is 5.98. The maximum absolute atomic E-state index is 13.3. The third kappa shape index (κ3) is 4.39. The Bertz CT molecular complexity index is 1110. The Labute approximate surface area is 189 Å². The second kappa shape index (κ2) is 9.36. The molecule has 0 saturated heterocycles. The Morgan fingerprint density at radius 3 is 2.44 bits per heavy atom. The van der Waals surface area contributed by atoms with E-state index in [-0.39, 0.29) is 31.0 Å². The van der Waals surface area contributed by atoms with Crippen LogP contribution in [-0.2, 0) is 12.8 Å². The van der Waals surface area contributed by atoms with Crippen LogP contribution in [0.5, 0.6) is 0 Å². The number of aliphatic hydroxyl groups is 1. The summed E-state index contributed by atoms with van der Waals surface area (Å²) in [6.45, 7) is 0.673. The Kier molecular flexibility index (Phi) is 6.97. The van der Waals surface area contributed by atoms with Crippen molar-refractivity contribution in [1.29, 1.82) is 0 Å². The molecule has 4 N–H and O–H groups in total. The van der Waals surface area contributed by atoms with Gasteiger partial charge in [-0.2, -0.15) is 13.2 Å². The topological polar surface area (TPSA) is 80.3 Å². The molecule has 1 aromatic heterocycles. The van der Waals surface area contributed by atoms with Crippen molar-refractivity contribution >= 4 is 18.3 Å². The number of aliphatic hydroxyl groups excluding tert-OH is 1. The van der Waals surface area contributed by atoms with Gasteiger partial charge in [0.2, 0.25) is 0 Å². The number of nitrogens with zero attached hydrogens (tertiary/aromatic N) is 1. The first-order chi connectivity index (χ1) is 14.8. The highest BCUT2D eigenvalue weighted by Crippen LogP contribution is 2.41. The molecule has 0 spiro atoms. The number of nitrogens with two attached hydrogens (primary N) is 1. The monoisotopic (exact) mass is 465 g/mol. The van der Waals surface area contributed by atoms with Crippen LogP contribution < -0.4 is 11.1 Å². The van der Waals surface area contributed by atoms with Gasteiger partial charge < -0.3 is 20.7 Å². The lowest BCUT2D eigenvalue weighted by Crippen LogP contribution is -2.39. The highest BCUT2D eigenvalue weighted by atomic mass is 35.5. The van der Waals surface area contributed by atoms with E-state index >= 15 is 0 Å². The van der Waals surface area contributed by atoms with Crippen LogP contribution in [-0.4, -0.2) is 28.7 Å². The van der Waals surface area contributed by atoms with E-state index in [1.807, 2.05) is 4.57 Å². The van der Waals surface area contributed by atoms with Crippen molar-refractivity contribution in [3.63, 3.8) is 0 Å². The number of aromatic nitrogens is 1. The molecule has 32 heavy (non-hydrogen) atoms. The molecule has 2 heterocycles. The van der Waals surface area contributed by atoms with Crippen molar-refractivity contribution in [1.82, 2.24) is 9.88 Å². The molecule has 9 heteroatoms. The van der Waals surface area contributed by atoms with Crippen LogP contribution in [0.4, 0.5) is 13.2 Å². The minimum absolute atomic E-state index is 0. The minimum atomic E-state index is -4.47. The van der Waals surface area contributed by atoms with Crippen molar-refractivity contribution in [2.75, 3.05) is 13.1 Å². The fourth-order valence-corrected chi connectivity index (χ4v) is 4.04. The first-order valence-electron chi connectivity index (χ1n) is 9.94. The van der Waals surface area contributed by atoms with E-state index in [4.69, 9.17) is 5.73 Å². The summed E-state index contributed by atoms with van der Waals surface area (Å²) in [5.74, 6) is -0.278. The van der Waals surface area contributed by atoms with E-state index in [2.05, 4.69) is 5.32 Å². The number of amides is 1. The van der Waals surface area contributed by atoms with Gasteiger partial charge in [0.25, 0.3) is 5.91 Å². The van der Waals surface area contributed by atoms with Crippen molar-refractivity contribution < 1.29 is 23.1 Å². The number of rotatable bonds is 5. The zero-order valence-corrected chi connectivity index (χ0v) is 17.8. The molecule has 0 fully saturated rings. The lowest BCUT2D eigenvalue weighted by Gasteiger charge is -2.28. The van der Waals surface area contributed by atoms with Gasteiger partial charge in [-0.25, -0.2) is 0 Å². The number of fused-ring (bicyclic) bond motifs is 1. The average Bonchev–Trinajstić information content (AvgIpc) is 3.17. The summed E-state index contributed by atoms with van der Waals surface area (Å²) in [6.07, 6.45) is -3.87. The Morgan fingerprint density at radius 2 is 1.81 bits per heavy atom. The van der Waals surface area contributed by atoms with Gasteiger partial charge in [-0.3, -0.25) is 4.79 Å². The van der Waals surface area contributed by atoms with Crippen LogP contribution in [0.1, 0.15) is 34.1 Å². The number of carbonyl (C=O) groups excluding carboxylic acids is 1. The smallest absolute Gasteiger partial charge is 0.392 e. The van der Waals surface area contributed by atoms with Crippen LogP contribution in [0.15, 0.2) is 54.6 Å². The van der Waals surface area contributed by atoms with Gasteiger partial charge in [0.05, 0.1) is 23.9 Å². The van der Waals surface area contributed by atoms with Gasteiger partial charge in [0, 0.05) is 12.1 Å². The molecule has 170 valence electrons. The lowest BCUT2D eigenvalue weighted by molar-refractivity contribution is -0.137. The van der Waals surface area contributed by atoms with Crippen LogP contribution >= 0.6 is 12.4 Å². The molecule has 3 aromatic rings. The van der Waals surface area contributed by atoms with E-state index < -0.39 is 11.7 Å². The maximum atomic E-state index is 13.3. The fraction of sp³-hybridized carbons (Fsp3) is 0.261. The van der Waals surface area contributed by atoms with Crippen molar-refractivity contribution in [3.8, 4) is 22.4 Å². The van der Waals surface area contributed by atoms with Gasteiger partial charge >= 0.3 is 6.18 Å². The summed E-state index contributed by atoms with van der Waals surface area (Å²) in [6, 6.07) is 13.7. The van der Waals surface area contributed by atoms with Crippen molar-refractivity contribution in [2.45, 2.75) is 25.2 Å². The molecule has 0 bridgehead atoms. The minimum Gasteiger partial charge on any atom is -0.392 e. The van der Waals surface area contributed by atoms with Crippen molar-refractivity contribution in [3.05, 3.63) is 71.4 Å². The highest BCUT2D eigenvalue weighted by Gasteiger charge is 2.33. The average molecular weight is 466 g/mol. The molecule has 1 amide bonds. The zero-order chi connectivity index (χ0) is 22.2. The number of alkyl halides is 3. The molecule has 5 nitrogen and oxygen atoms in total. The summed E-state index contributed by atoms with van der Waals surface area (Å²) in [5.41, 5.74) is 8.45. The largest absolute Gasteiger partial charge is 0.416 e. The predicted molar refractivity (Wildman–Crippen MR) is 119 cm³/mol. The standard InChI is InChI=1S/C23H22F3N3O2.ClH/c24-23(25,26)17-3-1-2-16(10-17)19-11-20-22(31)28-12-18(8-9-27)29(20)21(19)15-6-4-14(13-30)5-7-15;/h1-7,10-11,18,30H,8-9,12-13,27H2,(H,28,31);1H. The zero-order valence-electron chi connectivity index (χ0n) is 17.0. The molecule has 4 rings (SSSR count). The summed E-state index contributed by atoms with van der Waals surface area (Å²) >= 11 is 0. The molecule has 1 aliphatic heterocycles. The van der Waals surface area contributed by atoms with Crippen LogP contribution in [0.2, 0.25) is 0 Å². The molecule has 0 aliphatic carbocycles. The summed E-state index contributed by atoms with van der Waals surface area (Å²) in [5, 5.41) is 12.2. The Balaban J connectivity index is 0.00000289.